The highest BCUT2D eigenvalue weighted by Crippen LogP contribution is 2.17. The third-order valence-corrected chi connectivity index (χ3v) is 4.49. The molecular formula is C23H20N6O2. The summed E-state index contributed by atoms with van der Waals surface area (Å²) in [6.45, 7) is 0.383. The van der Waals surface area contributed by atoms with Crippen LogP contribution in [0.4, 0.5) is 16.2 Å². The Morgan fingerprint density at radius 1 is 0.839 bits per heavy atom. The number of hydrogen-bond donors (Lipinski definition) is 3. The van der Waals surface area contributed by atoms with Crippen LogP contribution in [0.5, 0.6) is 0 Å². The molecule has 0 aliphatic carbocycles. The number of pyridine rings is 1. The van der Waals surface area contributed by atoms with Crippen LogP contribution < -0.4 is 16.0 Å². The fraction of sp³-hybridized carbons (Fsp3) is 0.0435. The van der Waals surface area contributed by atoms with E-state index in [0.717, 1.165) is 11.3 Å². The van der Waals surface area contributed by atoms with Crippen molar-refractivity contribution in [2.45, 2.75) is 6.54 Å². The number of nitrogens with one attached hydrogen (secondary N) is 3. The molecule has 0 radical (unpaired) electrons. The average molecular weight is 412 g/mol. The van der Waals surface area contributed by atoms with E-state index in [4.69, 9.17) is 0 Å². The largest absolute Gasteiger partial charge is 0.334 e. The van der Waals surface area contributed by atoms with Gasteiger partial charge >= 0.3 is 6.03 Å². The van der Waals surface area contributed by atoms with Gasteiger partial charge in [-0.15, -0.1) is 0 Å². The number of urea groups is 1. The van der Waals surface area contributed by atoms with Gasteiger partial charge in [-0.25, -0.2) is 9.78 Å². The number of amides is 3. The summed E-state index contributed by atoms with van der Waals surface area (Å²) in [6, 6.07) is 19.7. The minimum Gasteiger partial charge on any atom is -0.334 e. The first-order valence-corrected chi connectivity index (χ1v) is 9.62. The standard InChI is InChI=1S/C23H20N6O2/c30-22(21-15-25-16-29(21)20-7-2-1-3-8-20)27-18-5-4-6-19(13-18)28-23(31)26-14-17-9-11-24-12-10-17/h1-13,15-16H,14H2,(H,27,30)(H2,26,28,31). The number of carbonyl (C=O) groups excluding carboxylic acids is 2. The first-order chi connectivity index (χ1) is 15.2. The van der Waals surface area contributed by atoms with E-state index in [1.165, 1.54) is 6.20 Å². The summed E-state index contributed by atoms with van der Waals surface area (Å²) in [6.07, 6.45) is 6.45. The van der Waals surface area contributed by atoms with Crippen molar-refractivity contribution >= 4 is 23.3 Å². The van der Waals surface area contributed by atoms with E-state index in [9.17, 15) is 9.59 Å². The molecule has 4 rings (SSSR count). The quantitative estimate of drug-likeness (QED) is 0.448. The van der Waals surface area contributed by atoms with Crippen molar-refractivity contribution in [3.63, 3.8) is 0 Å². The minimum atomic E-state index is -0.345. The molecule has 0 atom stereocenters. The molecule has 0 unspecified atom stereocenters. The van der Waals surface area contributed by atoms with Crippen molar-refractivity contribution in [2.75, 3.05) is 10.6 Å². The Balaban J connectivity index is 1.39. The molecule has 3 amide bonds. The maximum Gasteiger partial charge on any atom is 0.319 e. The molecule has 2 heterocycles. The fourth-order valence-corrected chi connectivity index (χ4v) is 2.99. The molecular weight excluding hydrogens is 392 g/mol. The minimum absolute atomic E-state index is 0.305. The van der Waals surface area contributed by atoms with Gasteiger partial charge in [-0.3, -0.25) is 14.3 Å². The highest BCUT2D eigenvalue weighted by atomic mass is 16.2. The van der Waals surface area contributed by atoms with Crippen LogP contribution in [0.1, 0.15) is 16.1 Å². The summed E-state index contributed by atoms with van der Waals surface area (Å²) in [4.78, 5) is 33.0. The number of nitrogens with zero attached hydrogens (tertiary/aromatic N) is 3. The molecule has 3 N–H and O–H groups in total. The van der Waals surface area contributed by atoms with Gasteiger partial charge in [0.1, 0.15) is 5.69 Å². The van der Waals surface area contributed by atoms with Gasteiger partial charge in [0.25, 0.3) is 5.91 Å². The lowest BCUT2D eigenvalue weighted by Gasteiger charge is -2.11. The lowest BCUT2D eigenvalue weighted by atomic mass is 10.2. The maximum absolute atomic E-state index is 12.8. The first kappa shape index (κ1) is 19.8. The van der Waals surface area contributed by atoms with Crippen LogP contribution >= 0.6 is 0 Å². The van der Waals surface area contributed by atoms with Crippen LogP contribution in [0, 0.1) is 0 Å². The summed E-state index contributed by atoms with van der Waals surface area (Å²) in [5.41, 5.74) is 3.30. The molecule has 4 aromatic rings. The second-order valence-corrected chi connectivity index (χ2v) is 6.68. The molecule has 0 aliphatic rings. The number of para-hydroxylation sites is 1. The number of carbonyl (C=O) groups is 2. The highest BCUT2D eigenvalue weighted by molar-refractivity contribution is 6.03. The molecule has 8 heteroatoms. The summed E-state index contributed by atoms with van der Waals surface area (Å²) in [5.74, 6) is -0.305. The van der Waals surface area contributed by atoms with E-state index in [2.05, 4.69) is 25.9 Å². The van der Waals surface area contributed by atoms with Gasteiger partial charge in [-0.1, -0.05) is 24.3 Å². The third-order valence-electron chi connectivity index (χ3n) is 4.49. The molecule has 0 fully saturated rings. The van der Waals surface area contributed by atoms with Crippen molar-refractivity contribution in [1.29, 1.82) is 0 Å². The summed E-state index contributed by atoms with van der Waals surface area (Å²) >= 11 is 0. The Kier molecular flexibility index (Phi) is 5.99. The predicted octanol–water partition coefficient (Wildman–Crippen LogP) is 3.84. The molecule has 2 aromatic carbocycles. The van der Waals surface area contributed by atoms with Gasteiger partial charge in [-0.05, 0) is 48.0 Å². The summed E-state index contributed by atoms with van der Waals surface area (Å²) < 4.78 is 1.71. The van der Waals surface area contributed by atoms with Gasteiger partial charge < -0.3 is 16.0 Å². The average Bonchev–Trinajstić information content (AvgIpc) is 3.30. The number of hydrogen-bond acceptors (Lipinski definition) is 4. The van der Waals surface area contributed by atoms with E-state index in [1.54, 1.807) is 47.6 Å². The topological polar surface area (TPSA) is 101 Å². The number of imidazole rings is 1. The Morgan fingerprint density at radius 3 is 2.35 bits per heavy atom. The Labute approximate surface area is 179 Å². The number of rotatable bonds is 6. The van der Waals surface area contributed by atoms with Gasteiger partial charge in [0, 0.05) is 36.0 Å². The van der Waals surface area contributed by atoms with Crippen molar-refractivity contribution in [1.82, 2.24) is 19.9 Å². The van der Waals surface area contributed by atoms with Crippen LogP contribution in [-0.4, -0.2) is 26.5 Å². The zero-order chi connectivity index (χ0) is 21.5. The molecule has 0 spiro atoms. The first-order valence-electron chi connectivity index (χ1n) is 9.62. The highest BCUT2D eigenvalue weighted by Gasteiger charge is 2.13. The third kappa shape index (κ3) is 5.13. The molecule has 0 bridgehead atoms. The normalized spacial score (nSPS) is 10.3. The van der Waals surface area contributed by atoms with Crippen LogP contribution in [-0.2, 0) is 6.54 Å². The van der Waals surface area contributed by atoms with Gasteiger partial charge in [-0.2, -0.15) is 0 Å². The predicted molar refractivity (Wildman–Crippen MR) is 118 cm³/mol. The Morgan fingerprint density at radius 2 is 1.58 bits per heavy atom. The zero-order valence-electron chi connectivity index (χ0n) is 16.5. The van der Waals surface area contributed by atoms with Crippen molar-refractivity contribution < 1.29 is 9.59 Å². The van der Waals surface area contributed by atoms with Crippen molar-refractivity contribution in [3.05, 3.63) is 103 Å². The smallest absolute Gasteiger partial charge is 0.319 e. The van der Waals surface area contributed by atoms with Crippen LogP contribution in [0.3, 0.4) is 0 Å². The molecule has 31 heavy (non-hydrogen) atoms. The van der Waals surface area contributed by atoms with E-state index < -0.39 is 0 Å². The molecule has 0 aliphatic heterocycles. The summed E-state index contributed by atoms with van der Waals surface area (Å²) in [5, 5.41) is 8.39. The lowest BCUT2D eigenvalue weighted by molar-refractivity contribution is 0.102. The van der Waals surface area contributed by atoms with E-state index >= 15 is 0 Å². The lowest BCUT2D eigenvalue weighted by Crippen LogP contribution is -2.28. The van der Waals surface area contributed by atoms with Gasteiger partial charge in [0.05, 0.1) is 12.5 Å². The number of aromatic nitrogens is 3. The van der Waals surface area contributed by atoms with Crippen molar-refractivity contribution in [2.24, 2.45) is 0 Å². The molecule has 0 saturated heterocycles. The van der Waals surface area contributed by atoms with E-state index in [0.29, 0.717) is 23.6 Å². The second-order valence-electron chi connectivity index (χ2n) is 6.68. The number of benzene rings is 2. The Bertz CT molecular complexity index is 1170. The molecule has 154 valence electrons. The maximum atomic E-state index is 12.8. The van der Waals surface area contributed by atoms with Gasteiger partial charge in [0.2, 0.25) is 0 Å². The fourth-order valence-electron chi connectivity index (χ4n) is 2.99. The second kappa shape index (κ2) is 9.36. The van der Waals surface area contributed by atoms with E-state index in [1.807, 2.05) is 42.5 Å². The zero-order valence-corrected chi connectivity index (χ0v) is 16.5. The Hall–Kier alpha value is -4.46. The van der Waals surface area contributed by atoms with Gasteiger partial charge in [0.15, 0.2) is 0 Å². The van der Waals surface area contributed by atoms with Crippen molar-refractivity contribution in [3.8, 4) is 5.69 Å². The molecule has 8 nitrogen and oxygen atoms in total. The van der Waals surface area contributed by atoms with Crippen LogP contribution in [0.2, 0.25) is 0 Å². The van der Waals surface area contributed by atoms with Crippen LogP contribution in [0.25, 0.3) is 5.69 Å². The monoisotopic (exact) mass is 412 g/mol. The number of anilines is 2. The SMILES string of the molecule is O=C(NCc1ccncc1)Nc1cccc(NC(=O)c2cncn2-c2ccccc2)c1. The molecule has 0 saturated carbocycles. The molecule has 2 aromatic heterocycles. The van der Waals surface area contributed by atoms with Crippen LogP contribution in [0.15, 0.2) is 91.6 Å². The summed E-state index contributed by atoms with van der Waals surface area (Å²) in [7, 11) is 0. The van der Waals surface area contributed by atoms with E-state index in [-0.39, 0.29) is 11.9 Å².